The lowest BCUT2D eigenvalue weighted by atomic mass is 10.1. The first kappa shape index (κ1) is 19.9. The van der Waals surface area contributed by atoms with Gasteiger partial charge in [-0.15, -0.1) is 11.8 Å². The fraction of sp³-hybridized carbons (Fsp3) is 0.0435. The van der Waals surface area contributed by atoms with Gasteiger partial charge >= 0.3 is 0 Å². The highest BCUT2D eigenvalue weighted by atomic mass is 35.5. The molecule has 0 heterocycles. The number of carbonyl (C=O) groups excluding carboxylic acids is 2. The SMILES string of the molecule is O=C(/C=C/c1ccccc1)Nc1cccc(SCC(=O)c2ccc(Cl)cc2)c1. The van der Waals surface area contributed by atoms with E-state index in [0.717, 1.165) is 10.5 Å². The summed E-state index contributed by atoms with van der Waals surface area (Å²) in [4.78, 5) is 25.3. The van der Waals surface area contributed by atoms with Gasteiger partial charge in [0.1, 0.15) is 0 Å². The first-order valence-corrected chi connectivity index (χ1v) is 10.0. The first-order chi connectivity index (χ1) is 13.6. The Morgan fingerprint density at radius 3 is 2.43 bits per heavy atom. The highest BCUT2D eigenvalue weighted by Gasteiger charge is 2.07. The van der Waals surface area contributed by atoms with Crippen molar-refractivity contribution in [2.75, 3.05) is 11.1 Å². The van der Waals surface area contributed by atoms with Crippen LogP contribution in [0.4, 0.5) is 5.69 Å². The summed E-state index contributed by atoms with van der Waals surface area (Å²) in [5.74, 6) is 0.137. The summed E-state index contributed by atoms with van der Waals surface area (Å²) in [5.41, 5.74) is 2.28. The van der Waals surface area contributed by atoms with Crippen LogP contribution in [0.1, 0.15) is 15.9 Å². The van der Waals surface area contributed by atoms with Crippen LogP contribution in [-0.2, 0) is 4.79 Å². The van der Waals surface area contributed by atoms with Crippen LogP contribution >= 0.6 is 23.4 Å². The number of anilines is 1. The maximum atomic E-state index is 12.3. The van der Waals surface area contributed by atoms with Gasteiger partial charge in [-0.1, -0.05) is 48.0 Å². The second kappa shape index (κ2) is 9.93. The number of halogens is 1. The number of Topliss-reactive ketones (excluding diaryl/α,β-unsaturated/α-hetero) is 1. The van der Waals surface area contributed by atoms with Crippen molar-refractivity contribution in [2.24, 2.45) is 0 Å². The molecule has 0 unspecified atom stereocenters. The molecular weight excluding hydrogens is 390 g/mol. The van der Waals surface area contributed by atoms with Gasteiger partial charge in [-0.3, -0.25) is 9.59 Å². The van der Waals surface area contributed by atoms with Crippen LogP contribution < -0.4 is 5.32 Å². The summed E-state index contributed by atoms with van der Waals surface area (Å²) in [6.45, 7) is 0. The van der Waals surface area contributed by atoms with Crippen LogP contribution in [0.3, 0.4) is 0 Å². The third-order valence-electron chi connectivity index (χ3n) is 3.86. The van der Waals surface area contributed by atoms with Crippen molar-refractivity contribution in [3.63, 3.8) is 0 Å². The van der Waals surface area contributed by atoms with Crippen molar-refractivity contribution in [3.05, 3.63) is 101 Å². The summed E-state index contributed by atoms with van der Waals surface area (Å²) >= 11 is 7.28. The Labute approximate surface area is 173 Å². The number of thioether (sulfide) groups is 1. The molecule has 0 aliphatic rings. The molecule has 3 aromatic carbocycles. The first-order valence-electron chi connectivity index (χ1n) is 8.66. The molecule has 3 rings (SSSR count). The van der Waals surface area contributed by atoms with E-state index >= 15 is 0 Å². The van der Waals surface area contributed by atoms with Crippen molar-refractivity contribution in [3.8, 4) is 0 Å². The molecule has 0 atom stereocenters. The van der Waals surface area contributed by atoms with E-state index in [1.54, 1.807) is 30.3 Å². The predicted octanol–water partition coefficient (Wildman–Crippen LogP) is 5.97. The van der Waals surface area contributed by atoms with Crippen molar-refractivity contribution in [2.45, 2.75) is 4.90 Å². The van der Waals surface area contributed by atoms with Gasteiger partial charge in [-0.05, 0) is 54.1 Å². The second-order valence-electron chi connectivity index (χ2n) is 5.98. The molecule has 0 saturated carbocycles. The fourth-order valence-electron chi connectivity index (χ4n) is 2.45. The van der Waals surface area contributed by atoms with Crippen LogP contribution in [0.15, 0.2) is 89.8 Å². The van der Waals surface area contributed by atoms with Crippen LogP contribution in [0.25, 0.3) is 6.08 Å². The molecule has 1 amide bonds. The molecular formula is C23H18ClNO2S. The molecule has 5 heteroatoms. The molecule has 1 N–H and O–H groups in total. The number of benzene rings is 3. The van der Waals surface area contributed by atoms with E-state index in [4.69, 9.17) is 11.6 Å². The maximum Gasteiger partial charge on any atom is 0.248 e. The minimum Gasteiger partial charge on any atom is -0.322 e. The van der Waals surface area contributed by atoms with Crippen LogP contribution in [-0.4, -0.2) is 17.4 Å². The van der Waals surface area contributed by atoms with Gasteiger partial charge in [-0.25, -0.2) is 0 Å². The van der Waals surface area contributed by atoms with Crippen molar-refractivity contribution in [1.29, 1.82) is 0 Å². The van der Waals surface area contributed by atoms with E-state index in [2.05, 4.69) is 5.32 Å². The molecule has 0 aliphatic carbocycles. The van der Waals surface area contributed by atoms with E-state index in [1.807, 2.05) is 54.6 Å². The van der Waals surface area contributed by atoms with Crippen LogP contribution in [0.2, 0.25) is 5.02 Å². The lowest BCUT2D eigenvalue weighted by molar-refractivity contribution is -0.111. The number of hydrogen-bond acceptors (Lipinski definition) is 3. The Bertz CT molecular complexity index is 985. The van der Waals surface area contributed by atoms with Gasteiger partial charge in [0, 0.05) is 27.2 Å². The molecule has 0 saturated heterocycles. The zero-order valence-electron chi connectivity index (χ0n) is 15.0. The molecule has 3 nitrogen and oxygen atoms in total. The van der Waals surface area contributed by atoms with Crippen molar-refractivity contribution >= 4 is 46.8 Å². The Balaban J connectivity index is 1.56. The summed E-state index contributed by atoms with van der Waals surface area (Å²) < 4.78 is 0. The minimum atomic E-state index is -0.205. The van der Waals surface area contributed by atoms with Crippen LogP contribution in [0, 0.1) is 0 Å². The lowest BCUT2D eigenvalue weighted by Gasteiger charge is -2.06. The number of ketones is 1. The molecule has 0 radical (unpaired) electrons. The standard InChI is InChI=1S/C23H18ClNO2S/c24-19-12-10-18(11-13-19)22(26)16-28-21-8-4-7-20(15-21)25-23(27)14-9-17-5-2-1-3-6-17/h1-15H,16H2,(H,25,27)/b14-9+. The Morgan fingerprint density at radius 2 is 1.68 bits per heavy atom. The number of amides is 1. The maximum absolute atomic E-state index is 12.3. The van der Waals surface area contributed by atoms with Gasteiger partial charge in [-0.2, -0.15) is 0 Å². The highest BCUT2D eigenvalue weighted by molar-refractivity contribution is 8.00. The van der Waals surface area contributed by atoms with Crippen molar-refractivity contribution in [1.82, 2.24) is 0 Å². The van der Waals surface area contributed by atoms with Crippen molar-refractivity contribution < 1.29 is 9.59 Å². The fourth-order valence-corrected chi connectivity index (χ4v) is 3.43. The lowest BCUT2D eigenvalue weighted by Crippen LogP contribution is -2.07. The van der Waals surface area contributed by atoms with E-state index in [1.165, 1.54) is 17.8 Å². The summed E-state index contributed by atoms with van der Waals surface area (Å²) in [6, 6.07) is 23.9. The summed E-state index contributed by atoms with van der Waals surface area (Å²) in [5, 5.41) is 3.44. The number of carbonyl (C=O) groups is 2. The van der Waals surface area contributed by atoms with Crippen LogP contribution in [0.5, 0.6) is 0 Å². The third kappa shape index (κ3) is 6.12. The predicted molar refractivity (Wildman–Crippen MR) is 117 cm³/mol. The average molecular weight is 408 g/mol. The molecule has 0 fully saturated rings. The molecule has 140 valence electrons. The summed E-state index contributed by atoms with van der Waals surface area (Å²) in [6.07, 6.45) is 3.26. The highest BCUT2D eigenvalue weighted by Crippen LogP contribution is 2.23. The normalized spacial score (nSPS) is 10.8. The summed E-state index contributed by atoms with van der Waals surface area (Å²) in [7, 11) is 0. The molecule has 0 aromatic heterocycles. The minimum absolute atomic E-state index is 0.0295. The van der Waals surface area contributed by atoms with E-state index in [-0.39, 0.29) is 11.7 Å². The largest absolute Gasteiger partial charge is 0.322 e. The van der Waals surface area contributed by atoms with Gasteiger partial charge in [0.25, 0.3) is 0 Å². The van der Waals surface area contributed by atoms with Gasteiger partial charge in [0.2, 0.25) is 5.91 Å². The molecule has 0 spiro atoms. The molecule has 28 heavy (non-hydrogen) atoms. The molecule has 0 aliphatic heterocycles. The topological polar surface area (TPSA) is 46.2 Å². The van der Waals surface area contributed by atoms with E-state index in [9.17, 15) is 9.59 Å². The second-order valence-corrected chi connectivity index (χ2v) is 7.47. The van der Waals surface area contributed by atoms with Gasteiger partial charge in [0.15, 0.2) is 5.78 Å². The van der Waals surface area contributed by atoms with E-state index < -0.39 is 0 Å². The number of hydrogen-bond donors (Lipinski definition) is 1. The van der Waals surface area contributed by atoms with Gasteiger partial charge in [0.05, 0.1) is 5.75 Å². The Hall–Kier alpha value is -2.82. The third-order valence-corrected chi connectivity index (χ3v) is 5.11. The average Bonchev–Trinajstić information content (AvgIpc) is 2.72. The zero-order chi connectivity index (χ0) is 19.8. The molecule has 0 bridgehead atoms. The Morgan fingerprint density at radius 1 is 0.929 bits per heavy atom. The van der Waals surface area contributed by atoms with E-state index in [0.29, 0.717) is 22.0 Å². The van der Waals surface area contributed by atoms with Gasteiger partial charge < -0.3 is 5.32 Å². The number of nitrogens with one attached hydrogen (secondary N) is 1. The quantitative estimate of drug-likeness (QED) is 0.298. The smallest absolute Gasteiger partial charge is 0.248 e. The Kier molecular flexibility index (Phi) is 7.06. The number of rotatable bonds is 7. The molecule has 3 aromatic rings. The zero-order valence-corrected chi connectivity index (χ0v) is 16.5. The monoisotopic (exact) mass is 407 g/mol.